The van der Waals surface area contributed by atoms with Crippen LogP contribution < -0.4 is 0 Å². The van der Waals surface area contributed by atoms with Crippen molar-refractivity contribution in [2.75, 3.05) is 7.05 Å². The number of hydrogen-bond acceptors (Lipinski definition) is 1. The van der Waals surface area contributed by atoms with E-state index < -0.39 is 5.41 Å². The molecule has 0 N–H and O–H groups in total. The Morgan fingerprint density at radius 3 is 1.73 bits per heavy atom. The largest absolute Gasteiger partial charge is 0.624 e. The van der Waals surface area contributed by atoms with Crippen LogP contribution in [0.3, 0.4) is 0 Å². The summed E-state index contributed by atoms with van der Waals surface area (Å²) in [5, 5.41) is 12.1. The molecule has 0 saturated heterocycles. The van der Waals surface area contributed by atoms with Crippen molar-refractivity contribution in [2.45, 2.75) is 11.8 Å². The van der Waals surface area contributed by atoms with Crippen molar-refractivity contribution in [3.8, 4) is 11.8 Å². The van der Waals surface area contributed by atoms with Crippen LogP contribution in [0, 0.1) is 17.0 Å². The molecule has 0 amide bonds. The predicted octanol–water partition coefficient (Wildman–Crippen LogP) is 4.63. The van der Waals surface area contributed by atoms with Gasteiger partial charge in [0.2, 0.25) is 0 Å². The molecular formula is C24H21NO. The van der Waals surface area contributed by atoms with E-state index in [4.69, 9.17) is 0 Å². The van der Waals surface area contributed by atoms with Gasteiger partial charge in [0.05, 0.1) is 0 Å². The summed E-state index contributed by atoms with van der Waals surface area (Å²) in [5.41, 5.74) is 2.48. The highest BCUT2D eigenvalue weighted by atomic mass is 16.5. The standard InChI is InChI=1S/C24H21NO/c1-25(26)20-24(22-15-7-3-8-16-22,23-17-9-4-10-18-23)19-11-14-21-12-5-2-6-13-21/h2-10,12-13,15-18,20H,19H2,1H3/b25-20+. The summed E-state index contributed by atoms with van der Waals surface area (Å²) in [4.78, 5) is 0. The lowest BCUT2D eigenvalue weighted by molar-refractivity contribution is -0.420. The van der Waals surface area contributed by atoms with Gasteiger partial charge in [0.15, 0.2) is 6.21 Å². The zero-order valence-corrected chi connectivity index (χ0v) is 14.8. The Morgan fingerprint density at radius 1 is 0.808 bits per heavy atom. The van der Waals surface area contributed by atoms with E-state index in [1.165, 1.54) is 7.05 Å². The molecule has 0 heterocycles. The van der Waals surface area contributed by atoms with Gasteiger partial charge in [-0.25, -0.2) is 4.74 Å². The molecule has 0 radical (unpaired) electrons. The molecule has 0 fully saturated rings. The summed E-state index contributed by atoms with van der Waals surface area (Å²) in [6, 6.07) is 30.1. The van der Waals surface area contributed by atoms with Crippen molar-refractivity contribution in [1.82, 2.24) is 0 Å². The summed E-state index contributed by atoms with van der Waals surface area (Å²) in [5.74, 6) is 6.52. The van der Waals surface area contributed by atoms with Crippen LogP contribution in [0.1, 0.15) is 23.1 Å². The number of hydroxylamine groups is 1. The molecule has 0 unspecified atom stereocenters. The minimum Gasteiger partial charge on any atom is -0.624 e. The third-order valence-corrected chi connectivity index (χ3v) is 4.35. The van der Waals surface area contributed by atoms with E-state index in [-0.39, 0.29) is 0 Å². The molecule has 0 saturated carbocycles. The minimum absolute atomic E-state index is 0.516. The van der Waals surface area contributed by atoms with Crippen LogP contribution in [-0.4, -0.2) is 18.0 Å². The van der Waals surface area contributed by atoms with Crippen LogP contribution in [-0.2, 0) is 5.41 Å². The van der Waals surface area contributed by atoms with Crippen molar-refractivity contribution in [1.29, 1.82) is 0 Å². The highest BCUT2D eigenvalue weighted by Gasteiger charge is 2.35. The Labute approximate surface area is 155 Å². The lowest BCUT2D eigenvalue weighted by atomic mass is 9.73. The molecule has 2 nitrogen and oxygen atoms in total. The van der Waals surface area contributed by atoms with Gasteiger partial charge in [0, 0.05) is 12.0 Å². The SMILES string of the molecule is C/[N+]([O-])=C\C(CC#Cc1ccccc1)(c1ccccc1)c1ccccc1. The molecular weight excluding hydrogens is 318 g/mol. The summed E-state index contributed by atoms with van der Waals surface area (Å²) in [6.07, 6.45) is 2.24. The second-order valence-corrected chi connectivity index (χ2v) is 6.22. The number of nitrogens with zero attached hydrogens (tertiary/aromatic N) is 1. The molecule has 0 aliphatic carbocycles. The van der Waals surface area contributed by atoms with Crippen LogP contribution >= 0.6 is 0 Å². The van der Waals surface area contributed by atoms with Crippen molar-refractivity contribution in [3.05, 3.63) is 113 Å². The first-order valence-corrected chi connectivity index (χ1v) is 8.62. The zero-order valence-electron chi connectivity index (χ0n) is 14.8. The van der Waals surface area contributed by atoms with Gasteiger partial charge in [-0.2, -0.15) is 0 Å². The van der Waals surface area contributed by atoms with Crippen LogP contribution in [0.25, 0.3) is 0 Å². The quantitative estimate of drug-likeness (QED) is 0.224. The van der Waals surface area contributed by atoms with Crippen molar-refractivity contribution in [3.63, 3.8) is 0 Å². The highest BCUT2D eigenvalue weighted by Crippen LogP contribution is 2.33. The summed E-state index contributed by atoms with van der Waals surface area (Å²) < 4.78 is 0.879. The van der Waals surface area contributed by atoms with Crippen molar-refractivity contribution < 1.29 is 4.74 Å². The summed E-state index contributed by atoms with van der Waals surface area (Å²) in [6.45, 7) is 0. The fourth-order valence-electron chi connectivity index (χ4n) is 3.15. The molecule has 0 bridgehead atoms. The fourth-order valence-corrected chi connectivity index (χ4v) is 3.15. The Bertz CT molecular complexity index is 876. The lowest BCUT2D eigenvalue weighted by Gasteiger charge is -2.28. The third-order valence-electron chi connectivity index (χ3n) is 4.35. The van der Waals surface area contributed by atoms with Gasteiger partial charge in [0.1, 0.15) is 12.5 Å². The molecule has 0 aliphatic rings. The van der Waals surface area contributed by atoms with E-state index >= 15 is 0 Å². The molecule has 0 atom stereocenters. The number of rotatable bonds is 4. The fraction of sp³-hybridized carbons (Fsp3) is 0.125. The van der Waals surface area contributed by atoms with E-state index in [0.29, 0.717) is 6.42 Å². The molecule has 3 aromatic rings. The molecule has 0 spiro atoms. The molecule has 26 heavy (non-hydrogen) atoms. The third kappa shape index (κ3) is 4.02. The summed E-state index contributed by atoms with van der Waals surface area (Å²) in [7, 11) is 1.52. The van der Waals surface area contributed by atoms with Crippen LogP contribution in [0.15, 0.2) is 91.0 Å². The van der Waals surface area contributed by atoms with Gasteiger partial charge in [-0.3, -0.25) is 0 Å². The minimum atomic E-state index is -0.596. The van der Waals surface area contributed by atoms with Crippen molar-refractivity contribution >= 4 is 6.21 Å². The van der Waals surface area contributed by atoms with Gasteiger partial charge in [-0.05, 0) is 23.3 Å². The normalized spacial score (nSPS) is 11.5. The first-order chi connectivity index (χ1) is 12.7. The van der Waals surface area contributed by atoms with Crippen LogP contribution in [0.2, 0.25) is 0 Å². The maximum absolute atomic E-state index is 12.1. The second-order valence-electron chi connectivity index (χ2n) is 6.22. The van der Waals surface area contributed by atoms with E-state index in [1.807, 2.05) is 66.7 Å². The van der Waals surface area contributed by atoms with Gasteiger partial charge in [-0.1, -0.05) is 90.7 Å². The molecule has 3 aromatic carbocycles. The first-order valence-electron chi connectivity index (χ1n) is 8.62. The van der Waals surface area contributed by atoms with Crippen LogP contribution in [0.5, 0.6) is 0 Å². The highest BCUT2D eigenvalue weighted by molar-refractivity contribution is 5.76. The second kappa shape index (κ2) is 8.18. The number of hydrogen-bond donors (Lipinski definition) is 0. The number of benzene rings is 3. The lowest BCUT2D eigenvalue weighted by Crippen LogP contribution is -2.32. The Morgan fingerprint density at radius 2 is 1.27 bits per heavy atom. The first kappa shape index (κ1) is 17.5. The average molecular weight is 339 g/mol. The van der Waals surface area contributed by atoms with Gasteiger partial charge >= 0.3 is 0 Å². The molecule has 0 aliphatic heterocycles. The predicted molar refractivity (Wildman–Crippen MR) is 107 cm³/mol. The zero-order chi connectivity index (χ0) is 18.2. The Balaban J connectivity index is 2.11. The maximum Gasteiger partial charge on any atom is 0.166 e. The van der Waals surface area contributed by atoms with Gasteiger partial charge < -0.3 is 5.21 Å². The van der Waals surface area contributed by atoms with Gasteiger partial charge in [0.25, 0.3) is 0 Å². The van der Waals surface area contributed by atoms with E-state index in [9.17, 15) is 5.21 Å². The Hall–Kier alpha value is -3.31. The Kier molecular flexibility index (Phi) is 5.51. The van der Waals surface area contributed by atoms with E-state index in [0.717, 1.165) is 21.4 Å². The van der Waals surface area contributed by atoms with E-state index in [1.54, 1.807) is 6.21 Å². The molecule has 3 rings (SSSR count). The molecule has 0 aromatic heterocycles. The van der Waals surface area contributed by atoms with E-state index in [2.05, 4.69) is 36.1 Å². The smallest absolute Gasteiger partial charge is 0.166 e. The topological polar surface area (TPSA) is 26.1 Å². The van der Waals surface area contributed by atoms with Crippen molar-refractivity contribution in [2.24, 2.45) is 0 Å². The monoisotopic (exact) mass is 339 g/mol. The molecule has 2 heteroatoms. The maximum atomic E-state index is 12.1. The average Bonchev–Trinajstić information content (AvgIpc) is 2.69. The molecule has 128 valence electrons. The van der Waals surface area contributed by atoms with Crippen LogP contribution in [0.4, 0.5) is 0 Å². The summed E-state index contributed by atoms with van der Waals surface area (Å²) >= 11 is 0. The van der Waals surface area contributed by atoms with Gasteiger partial charge in [-0.15, -0.1) is 0 Å².